The van der Waals surface area contributed by atoms with E-state index in [2.05, 4.69) is 15.3 Å². The number of para-hydroxylation sites is 1. The number of carbonyl (C=O) groups excluding carboxylic acids is 2. The molecule has 1 aromatic carbocycles. The first-order valence-corrected chi connectivity index (χ1v) is 9.69. The molecular formula is C17H18N4O2S2. The molecule has 0 radical (unpaired) electrons. The van der Waals surface area contributed by atoms with Crippen LogP contribution in [0.3, 0.4) is 0 Å². The molecule has 6 nitrogen and oxygen atoms in total. The number of nitrogens with one attached hydrogen (secondary N) is 1. The Morgan fingerprint density at radius 1 is 1.20 bits per heavy atom. The topological polar surface area (TPSA) is 98.0 Å². The number of unbranched alkanes of at least 4 members (excludes halogenated alkanes) is 1. The fourth-order valence-corrected chi connectivity index (χ4v) is 3.94. The molecule has 0 saturated heterocycles. The number of aromatic nitrogens is 2. The van der Waals surface area contributed by atoms with Crippen LogP contribution in [0.25, 0.3) is 10.2 Å². The lowest BCUT2D eigenvalue weighted by atomic mass is 10.1. The molecule has 3 rings (SSSR count). The highest BCUT2D eigenvalue weighted by molar-refractivity contribution is 7.20. The summed E-state index contributed by atoms with van der Waals surface area (Å²) >= 11 is 2.59. The van der Waals surface area contributed by atoms with E-state index in [9.17, 15) is 9.59 Å². The maximum absolute atomic E-state index is 12.9. The summed E-state index contributed by atoms with van der Waals surface area (Å²) < 4.78 is 0.956. The van der Waals surface area contributed by atoms with E-state index in [1.165, 1.54) is 22.7 Å². The van der Waals surface area contributed by atoms with Crippen molar-refractivity contribution in [2.75, 3.05) is 6.54 Å². The molecule has 3 aromatic rings. The Bertz CT molecular complexity index is 828. The molecule has 0 bridgehead atoms. The third-order valence-corrected chi connectivity index (χ3v) is 5.52. The number of nitrogens with two attached hydrogens (primary N) is 1. The van der Waals surface area contributed by atoms with Crippen molar-refractivity contribution < 1.29 is 9.59 Å². The fourth-order valence-electron chi connectivity index (χ4n) is 2.44. The van der Waals surface area contributed by atoms with Gasteiger partial charge in [-0.2, -0.15) is 0 Å². The predicted molar refractivity (Wildman–Crippen MR) is 100 cm³/mol. The summed E-state index contributed by atoms with van der Waals surface area (Å²) in [5.74, 6) is -0.495. The Balaban J connectivity index is 1.79. The Morgan fingerprint density at radius 3 is 2.76 bits per heavy atom. The molecule has 0 unspecified atom stereocenters. The van der Waals surface area contributed by atoms with Crippen LogP contribution in [0, 0.1) is 0 Å². The van der Waals surface area contributed by atoms with Gasteiger partial charge < -0.3 is 11.1 Å². The number of benzene rings is 1. The lowest BCUT2D eigenvalue weighted by Crippen LogP contribution is -2.41. The van der Waals surface area contributed by atoms with Gasteiger partial charge in [0.15, 0.2) is 10.0 Å². The molecule has 2 heterocycles. The molecule has 0 aliphatic carbocycles. The number of rotatable bonds is 8. The van der Waals surface area contributed by atoms with E-state index in [1.807, 2.05) is 24.3 Å². The Morgan fingerprint density at radius 2 is 2.04 bits per heavy atom. The molecule has 25 heavy (non-hydrogen) atoms. The smallest absolute Gasteiger partial charge is 0.280 e. The first-order valence-electron chi connectivity index (χ1n) is 7.99. The zero-order valence-corrected chi connectivity index (χ0v) is 15.1. The lowest BCUT2D eigenvalue weighted by Gasteiger charge is -2.15. The molecule has 0 spiro atoms. The normalized spacial score (nSPS) is 12.2. The van der Waals surface area contributed by atoms with Gasteiger partial charge >= 0.3 is 0 Å². The highest BCUT2D eigenvalue weighted by Gasteiger charge is 2.25. The largest absolute Gasteiger partial charge is 0.340 e. The van der Waals surface area contributed by atoms with E-state index >= 15 is 0 Å². The molecule has 0 aliphatic rings. The fraction of sp³-hybridized carbons (Fsp3) is 0.294. The van der Waals surface area contributed by atoms with Crippen molar-refractivity contribution in [2.45, 2.75) is 25.3 Å². The van der Waals surface area contributed by atoms with Crippen molar-refractivity contribution in [1.29, 1.82) is 0 Å². The Hall–Kier alpha value is -2.16. The molecule has 2 aromatic heterocycles. The van der Waals surface area contributed by atoms with Gasteiger partial charge in [0.1, 0.15) is 0 Å². The van der Waals surface area contributed by atoms with Crippen LogP contribution in [0.1, 0.15) is 38.9 Å². The van der Waals surface area contributed by atoms with E-state index in [-0.39, 0.29) is 11.7 Å². The first kappa shape index (κ1) is 17.7. The molecule has 3 N–H and O–H groups in total. The Labute approximate surface area is 153 Å². The standard InChI is InChI=1S/C17H18N4O2S2/c18-8-4-3-6-12(20-15(23)17-19-9-10-24-17)14(22)16-21-11-5-1-2-7-13(11)25-16/h1-2,5,7,9-10,12H,3-4,6,8,18H2,(H,20,23)/t12-/m0/s1. The molecule has 1 amide bonds. The predicted octanol–water partition coefficient (Wildman–Crippen LogP) is 2.86. The van der Waals surface area contributed by atoms with Gasteiger partial charge in [-0.05, 0) is 37.9 Å². The van der Waals surface area contributed by atoms with Crippen LogP contribution in [0.2, 0.25) is 0 Å². The number of Topliss-reactive ketones (excluding diaryl/α,β-unsaturated/α-hetero) is 1. The molecule has 0 fully saturated rings. The van der Waals surface area contributed by atoms with Crippen LogP contribution in [0.4, 0.5) is 0 Å². The van der Waals surface area contributed by atoms with Crippen molar-refractivity contribution in [3.8, 4) is 0 Å². The summed E-state index contributed by atoms with van der Waals surface area (Å²) in [6.45, 7) is 0.558. The molecule has 0 aliphatic heterocycles. The number of thiazole rings is 2. The van der Waals surface area contributed by atoms with Gasteiger partial charge in [-0.1, -0.05) is 12.1 Å². The van der Waals surface area contributed by atoms with Crippen molar-refractivity contribution in [3.63, 3.8) is 0 Å². The highest BCUT2D eigenvalue weighted by Crippen LogP contribution is 2.23. The molecular weight excluding hydrogens is 356 g/mol. The van der Waals surface area contributed by atoms with Gasteiger partial charge in [0.25, 0.3) is 5.91 Å². The van der Waals surface area contributed by atoms with E-state index < -0.39 is 6.04 Å². The summed E-state index contributed by atoms with van der Waals surface area (Å²) in [6, 6.07) is 6.99. The van der Waals surface area contributed by atoms with E-state index in [1.54, 1.807) is 11.6 Å². The van der Waals surface area contributed by atoms with E-state index in [0.717, 1.165) is 23.1 Å². The zero-order valence-electron chi connectivity index (χ0n) is 13.5. The van der Waals surface area contributed by atoms with Crippen LogP contribution < -0.4 is 11.1 Å². The van der Waals surface area contributed by atoms with Crippen LogP contribution in [-0.4, -0.2) is 34.2 Å². The van der Waals surface area contributed by atoms with E-state index in [4.69, 9.17) is 5.73 Å². The number of amides is 1. The third kappa shape index (κ3) is 4.28. The number of nitrogens with zero attached hydrogens (tertiary/aromatic N) is 2. The van der Waals surface area contributed by atoms with Gasteiger partial charge in [-0.15, -0.1) is 22.7 Å². The van der Waals surface area contributed by atoms with Crippen LogP contribution in [0.5, 0.6) is 0 Å². The quantitative estimate of drug-likeness (QED) is 0.467. The number of ketones is 1. The van der Waals surface area contributed by atoms with Crippen molar-refractivity contribution in [1.82, 2.24) is 15.3 Å². The minimum atomic E-state index is -0.622. The molecule has 8 heteroatoms. The van der Waals surface area contributed by atoms with Crippen molar-refractivity contribution in [2.24, 2.45) is 5.73 Å². The second-order valence-corrected chi connectivity index (χ2v) is 7.42. The minimum absolute atomic E-state index is 0.164. The van der Waals surface area contributed by atoms with Gasteiger partial charge in [0.05, 0.1) is 16.3 Å². The lowest BCUT2D eigenvalue weighted by molar-refractivity contribution is 0.0851. The number of hydrogen-bond donors (Lipinski definition) is 2. The van der Waals surface area contributed by atoms with Crippen LogP contribution in [-0.2, 0) is 0 Å². The van der Waals surface area contributed by atoms with Gasteiger partial charge in [0.2, 0.25) is 5.78 Å². The van der Waals surface area contributed by atoms with Crippen LogP contribution >= 0.6 is 22.7 Å². The summed E-state index contributed by atoms with van der Waals surface area (Å²) in [7, 11) is 0. The van der Waals surface area contributed by atoms with Gasteiger partial charge in [0, 0.05) is 11.6 Å². The highest BCUT2D eigenvalue weighted by atomic mass is 32.1. The number of hydrogen-bond acceptors (Lipinski definition) is 7. The second kappa shape index (κ2) is 8.28. The zero-order chi connectivity index (χ0) is 17.6. The monoisotopic (exact) mass is 374 g/mol. The van der Waals surface area contributed by atoms with E-state index in [0.29, 0.717) is 23.0 Å². The summed E-state index contributed by atoms with van der Waals surface area (Å²) in [5, 5.41) is 5.30. The SMILES string of the molecule is NCCCC[C@H](NC(=O)c1nccs1)C(=O)c1nc2ccccc2s1. The summed E-state index contributed by atoms with van der Waals surface area (Å²) in [4.78, 5) is 33.6. The average Bonchev–Trinajstić information content (AvgIpc) is 3.29. The van der Waals surface area contributed by atoms with Crippen LogP contribution in [0.15, 0.2) is 35.8 Å². The maximum atomic E-state index is 12.9. The molecule has 130 valence electrons. The number of carbonyl (C=O) groups is 2. The minimum Gasteiger partial charge on any atom is -0.340 e. The average molecular weight is 374 g/mol. The van der Waals surface area contributed by atoms with Gasteiger partial charge in [-0.3, -0.25) is 9.59 Å². The Kier molecular flexibility index (Phi) is 5.85. The van der Waals surface area contributed by atoms with Crippen molar-refractivity contribution >= 4 is 44.6 Å². The van der Waals surface area contributed by atoms with Gasteiger partial charge in [-0.25, -0.2) is 9.97 Å². The summed E-state index contributed by atoms with van der Waals surface area (Å²) in [6.07, 6.45) is 3.66. The molecule has 0 saturated carbocycles. The number of fused-ring (bicyclic) bond motifs is 1. The third-order valence-electron chi connectivity index (χ3n) is 3.70. The first-order chi connectivity index (χ1) is 12.2. The second-order valence-electron chi connectivity index (χ2n) is 5.50. The summed E-state index contributed by atoms with van der Waals surface area (Å²) in [5.41, 5.74) is 6.33. The molecule has 1 atom stereocenters. The van der Waals surface area contributed by atoms with Crippen molar-refractivity contribution in [3.05, 3.63) is 45.9 Å². The maximum Gasteiger partial charge on any atom is 0.280 e.